The number of nitrogens with zero attached hydrogens (tertiary/aromatic N) is 1. The van der Waals surface area contributed by atoms with Gasteiger partial charge in [0.2, 0.25) is 0 Å². The predicted molar refractivity (Wildman–Crippen MR) is 130 cm³/mol. The highest BCUT2D eigenvalue weighted by Gasteiger charge is 2.11. The van der Waals surface area contributed by atoms with Crippen LogP contribution in [0.2, 0.25) is 0 Å². The molecule has 0 atom stereocenters. The van der Waals surface area contributed by atoms with Crippen molar-refractivity contribution in [2.24, 2.45) is 0 Å². The Morgan fingerprint density at radius 2 is 1.34 bits per heavy atom. The van der Waals surface area contributed by atoms with E-state index in [2.05, 4.69) is 54.4 Å². The zero-order valence-corrected chi connectivity index (χ0v) is 19.2. The van der Waals surface area contributed by atoms with Crippen molar-refractivity contribution in [1.29, 1.82) is 0 Å². The summed E-state index contributed by atoms with van der Waals surface area (Å²) in [5.41, 5.74) is 4.69. The van der Waals surface area contributed by atoms with Crippen molar-refractivity contribution in [3.63, 3.8) is 0 Å². The maximum absolute atomic E-state index is 12.5. The summed E-state index contributed by atoms with van der Waals surface area (Å²) in [5, 5.41) is 14.0. The third-order valence-corrected chi connectivity index (χ3v) is 5.65. The zero-order chi connectivity index (χ0) is 22.2. The summed E-state index contributed by atoms with van der Waals surface area (Å²) in [4.78, 5) is 26.4. The second-order valence-electron chi connectivity index (χ2n) is 7.41. The van der Waals surface area contributed by atoms with Gasteiger partial charge in [0.15, 0.2) is 0 Å². The van der Waals surface area contributed by atoms with E-state index in [4.69, 9.17) is 5.21 Å². The number of hydroxylamine groups is 1. The van der Waals surface area contributed by atoms with Gasteiger partial charge in [-0.05, 0) is 65.7 Å². The second kappa shape index (κ2) is 12.2. The largest absolute Gasteiger partial charge is 0.348 e. The Labute approximate surface area is 195 Å². The summed E-state index contributed by atoms with van der Waals surface area (Å²) >= 11 is 0. The fourth-order valence-corrected chi connectivity index (χ4v) is 3.73. The fourth-order valence-electron chi connectivity index (χ4n) is 3.73. The summed E-state index contributed by atoms with van der Waals surface area (Å²) in [7, 11) is 0. The average molecular weight is 456 g/mol. The molecule has 0 spiro atoms. The van der Waals surface area contributed by atoms with Crippen molar-refractivity contribution in [1.82, 2.24) is 15.7 Å². The van der Waals surface area contributed by atoms with Crippen LogP contribution in [0.3, 0.4) is 0 Å². The Morgan fingerprint density at radius 3 is 1.91 bits per heavy atom. The van der Waals surface area contributed by atoms with Crippen LogP contribution in [0, 0.1) is 0 Å². The van der Waals surface area contributed by atoms with Gasteiger partial charge < -0.3 is 10.2 Å². The number of carbonyl (C=O) groups excluding carboxylic acids is 2. The monoisotopic (exact) mass is 455 g/mol. The Kier molecular flexibility index (Phi) is 9.65. The topological polar surface area (TPSA) is 81.7 Å². The normalized spacial score (nSPS) is 10.6. The first kappa shape index (κ1) is 25.3. The standard InChI is InChI=1S/C25H29N3O3.ClH/c1-3-28(4-2)16-15-18-9-14-21(23-8-6-5-7-22(18)23)17-26-24(29)19-10-12-20(13-11-19)25(30)27-31;/h5-14,31H,3-4,15-17H2,1-2H3,(H,26,29)(H,27,30);1H. The lowest BCUT2D eigenvalue weighted by Gasteiger charge is -2.19. The Morgan fingerprint density at radius 1 is 0.812 bits per heavy atom. The van der Waals surface area contributed by atoms with E-state index in [9.17, 15) is 9.59 Å². The Bertz CT molecular complexity index is 1050. The van der Waals surface area contributed by atoms with Crippen LogP contribution in [0.5, 0.6) is 0 Å². The molecule has 0 fully saturated rings. The average Bonchev–Trinajstić information content (AvgIpc) is 2.83. The highest BCUT2D eigenvalue weighted by Crippen LogP contribution is 2.24. The Hall–Kier alpha value is -2.93. The van der Waals surface area contributed by atoms with Crippen molar-refractivity contribution in [3.8, 4) is 0 Å². The van der Waals surface area contributed by atoms with Crippen LogP contribution in [0.15, 0.2) is 60.7 Å². The van der Waals surface area contributed by atoms with E-state index in [1.54, 1.807) is 17.6 Å². The van der Waals surface area contributed by atoms with E-state index < -0.39 is 5.91 Å². The molecule has 0 heterocycles. The number of carbonyl (C=O) groups is 2. The van der Waals surface area contributed by atoms with E-state index in [0.29, 0.717) is 12.1 Å². The van der Waals surface area contributed by atoms with E-state index in [0.717, 1.165) is 37.0 Å². The summed E-state index contributed by atoms with van der Waals surface area (Å²) in [6.07, 6.45) is 0.989. The first-order chi connectivity index (χ1) is 15.1. The maximum atomic E-state index is 12.5. The first-order valence-corrected chi connectivity index (χ1v) is 10.6. The maximum Gasteiger partial charge on any atom is 0.274 e. The van der Waals surface area contributed by atoms with Gasteiger partial charge in [-0.1, -0.05) is 50.2 Å². The van der Waals surface area contributed by atoms with Gasteiger partial charge in [0.1, 0.15) is 0 Å². The highest BCUT2D eigenvalue weighted by molar-refractivity contribution is 5.97. The van der Waals surface area contributed by atoms with Crippen LogP contribution >= 0.6 is 12.4 Å². The fraction of sp³-hybridized carbons (Fsp3) is 0.280. The van der Waals surface area contributed by atoms with Gasteiger partial charge in [-0.3, -0.25) is 14.8 Å². The number of benzene rings is 3. The van der Waals surface area contributed by atoms with Gasteiger partial charge in [0.05, 0.1) is 0 Å². The number of fused-ring (bicyclic) bond motifs is 1. The summed E-state index contributed by atoms with van der Waals surface area (Å²) in [6, 6.07) is 18.7. The van der Waals surface area contributed by atoms with Crippen LogP contribution in [-0.4, -0.2) is 41.6 Å². The van der Waals surface area contributed by atoms with E-state index >= 15 is 0 Å². The number of hydrogen-bond donors (Lipinski definition) is 3. The van der Waals surface area contributed by atoms with Gasteiger partial charge in [0, 0.05) is 24.2 Å². The van der Waals surface area contributed by atoms with Gasteiger partial charge >= 0.3 is 0 Å². The predicted octanol–water partition coefficient (Wildman–Crippen LogP) is 4.19. The molecule has 170 valence electrons. The lowest BCUT2D eigenvalue weighted by molar-refractivity contribution is 0.0706. The van der Waals surface area contributed by atoms with Crippen LogP contribution in [-0.2, 0) is 13.0 Å². The molecular formula is C25H30ClN3O3. The number of rotatable bonds is 9. The molecule has 0 radical (unpaired) electrons. The number of halogens is 1. The molecule has 0 aliphatic carbocycles. The smallest absolute Gasteiger partial charge is 0.274 e. The minimum Gasteiger partial charge on any atom is -0.348 e. The number of likely N-dealkylation sites (N-methyl/N-ethyl adjacent to an activating group) is 1. The van der Waals surface area contributed by atoms with Gasteiger partial charge in [-0.15, -0.1) is 12.4 Å². The summed E-state index contributed by atoms with van der Waals surface area (Å²) < 4.78 is 0. The van der Waals surface area contributed by atoms with E-state index in [1.807, 2.05) is 6.07 Å². The second-order valence-corrected chi connectivity index (χ2v) is 7.41. The van der Waals surface area contributed by atoms with Crippen molar-refractivity contribution in [3.05, 3.63) is 82.9 Å². The molecule has 2 amide bonds. The molecule has 32 heavy (non-hydrogen) atoms. The van der Waals surface area contributed by atoms with Crippen LogP contribution in [0.25, 0.3) is 10.8 Å². The number of amides is 2. The van der Waals surface area contributed by atoms with Crippen molar-refractivity contribution < 1.29 is 14.8 Å². The van der Waals surface area contributed by atoms with Gasteiger partial charge in [0.25, 0.3) is 11.8 Å². The number of hydrogen-bond acceptors (Lipinski definition) is 4. The highest BCUT2D eigenvalue weighted by atomic mass is 35.5. The van der Waals surface area contributed by atoms with E-state index in [-0.39, 0.29) is 23.9 Å². The quantitative estimate of drug-likeness (QED) is 0.333. The lowest BCUT2D eigenvalue weighted by atomic mass is 9.97. The summed E-state index contributed by atoms with van der Waals surface area (Å²) in [6.45, 7) is 7.89. The van der Waals surface area contributed by atoms with Crippen LogP contribution in [0.4, 0.5) is 0 Å². The minimum absolute atomic E-state index is 0. The molecule has 3 rings (SSSR count). The molecular weight excluding hydrogens is 426 g/mol. The van der Waals surface area contributed by atoms with Gasteiger partial charge in [-0.2, -0.15) is 0 Å². The van der Waals surface area contributed by atoms with Crippen molar-refractivity contribution in [2.75, 3.05) is 19.6 Å². The third-order valence-electron chi connectivity index (χ3n) is 5.65. The Balaban J connectivity index is 0.00000363. The SMILES string of the molecule is CCN(CC)CCc1ccc(CNC(=O)c2ccc(C(=O)NO)cc2)c2ccccc12.Cl. The van der Waals surface area contributed by atoms with E-state index in [1.165, 1.54) is 23.1 Å². The van der Waals surface area contributed by atoms with Crippen molar-refractivity contribution >= 4 is 35.0 Å². The molecule has 6 nitrogen and oxygen atoms in total. The zero-order valence-electron chi connectivity index (χ0n) is 18.4. The molecule has 0 aromatic heterocycles. The van der Waals surface area contributed by atoms with Gasteiger partial charge in [-0.25, -0.2) is 5.48 Å². The molecule has 0 aliphatic heterocycles. The first-order valence-electron chi connectivity index (χ1n) is 10.6. The van der Waals surface area contributed by atoms with Crippen LogP contribution < -0.4 is 10.8 Å². The molecule has 0 saturated heterocycles. The number of nitrogens with one attached hydrogen (secondary N) is 2. The molecule has 3 aromatic carbocycles. The van der Waals surface area contributed by atoms with Crippen LogP contribution in [0.1, 0.15) is 45.7 Å². The molecule has 0 saturated carbocycles. The van der Waals surface area contributed by atoms with Crippen molar-refractivity contribution in [2.45, 2.75) is 26.8 Å². The third kappa shape index (κ3) is 6.07. The molecule has 0 unspecified atom stereocenters. The summed E-state index contributed by atoms with van der Waals surface area (Å²) in [5.74, 6) is -0.829. The molecule has 7 heteroatoms. The lowest BCUT2D eigenvalue weighted by Crippen LogP contribution is -2.25. The minimum atomic E-state index is -0.612. The molecule has 3 N–H and O–H groups in total. The molecule has 0 aliphatic rings. The molecule has 0 bridgehead atoms. The molecule has 3 aromatic rings.